The zero-order valence-electron chi connectivity index (χ0n) is 31.8. The van der Waals surface area contributed by atoms with Crippen molar-refractivity contribution in [2.24, 2.45) is 17.6 Å². The first-order valence-corrected chi connectivity index (χ1v) is 22.6. The molecule has 2 aromatic rings. The average molecular weight is 866 g/mol. The van der Waals surface area contributed by atoms with E-state index in [2.05, 4.69) is 10.6 Å². The predicted molar refractivity (Wildman–Crippen MR) is 211 cm³/mol. The van der Waals surface area contributed by atoms with Gasteiger partial charge in [0.1, 0.15) is 21.4 Å². The molecule has 19 heteroatoms. The van der Waals surface area contributed by atoms with Crippen molar-refractivity contribution in [1.29, 1.82) is 0 Å². The van der Waals surface area contributed by atoms with Crippen molar-refractivity contribution in [2.45, 2.75) is 99.9 Å². The van der Waals surface area contributed by atoms with Gasteiger partial charge >= 0.3 is 11.9 Å². The number of benzene rings is 2. The van der Waals surface area contributed by atoms with Crippen LogP contribution in [-0.2, 0) is 38.7 Å². The lowest BCUT2D eigenvalue weighted by Crippen LogP contribution is -2.45. The van der Waals surface area contributed by atoms with Crippen molar-refractivity contribution in [3.8, 4) is 0 Å². The van der Waals surface area contributed by atoms with Gasteiger partial charge in [0.25, 0.3) is 11.1 Å². The molecule has 0 spiro atoms. The second kappa shape index (κ2) is 23.0. The monoisotopic (exact) mass is 865 g/mol. The van der Waals surface area contributed by atoms with Crippen molar-refractivity contribution < 1.29 is 54.3 Å². The molecule has 1 amide bonds. The summed E-state index contributed by atoms with van der Waals surface area (Å²) in [6.07, 6.45) is 10.3. The number of sulfone groups is 2. The maximum absolute atomic E-state index is 13.7. The number of nitrogens with one attached hydrogen (secondary N) is 2. The Kier molecular flexibility index (Phi) is 19.9. The van der Waals surface area contributed by atoms with Crippen molar-refractivity contribution in [2.75, 3.05) is 25.7 Å². The second-order valence-electron chi connectivity index (χ2n) is 13.6. The molecule has 4 N–H and O–H groups in total. The maximum Gasteiger partial charge on any atom is 0.306 e. The summed E-state index contributed by atoms with van der Waals surface area (Å²) >= 11 is 10.3. The first-order valence-electron chi connectivity index (χ1n) is 18.0. The summed E-state index contributed by atoms with van der Waals surface area (Å²) in [5, 5.41) is 4.85. The molecule has 0 bridgehead atoms. The van der Waals surface area contributed by atoms with Crippen LogP contribution in [0.25, 0.3) is 0 Å². The number of esters is 2. The number of halogens is 3. The van der Waals surface area contributed by atoms with Crippen LogP contribution in [0, 0.1) is 23.5 Å². The highest BCUT2D eigenvalue weighted by molar-refractivity contribution is 7.91. The Morgan fingerprint density at radius 3 is 1.57 bits per heavy atom. The normalized spacial score (nSPS) is 19.4. The predicted octanol–water partition coefficient (Wildman–Crippen LogP) is 5.41. The molecule has 312 valence electrons. The number of ether oxygens (including phenoxy) is 2. The van der Waals surface area contributed by atoms with Crippen LogP contribution in [0.15, 0.2) is 46.2 Å². The van der Waals surface area contributed by atoms with Gasteiger partial charge in [0, 0.05) is 48.6 Å². The molecule has 2 aromatic carbocycles. The number of rotatable bonds is 11. The maximum atomic E-state index is 13.7. The van der Waals surface area contributed by atoms with E-state index in [0.29, 0.717) is 38.0 Å². The Morgan fingerprint density at radius 1 is 0.750 bits per heavy atom. The lowest BCUT2D eigenvalue weighted by Gasteiger charge is -2.29. The van der Waals surface area contributed by atoms with E-state index in [1.54, 1.807) is 6.92 Å². The summed E-state index contributed by atoms with van der Waals surface area (Å²) in [5.41, 5.74) is 5.72. The molecule has 2 aliphatic rings. The molecule has 0 aliphatic heterocycles. The number of carbonyl (C=O) groups excluding carboxylic acids is 4. The minimum Gasteiger partial charge on any atom is -0.466 e. The fourth-order valence-corrected chi connectivity index (χ4v) is 7.95. The second-order valence-corrected chi connectivity index (χ2v) is 18.3. The van der Waals surface area contributed by atoms with E-state index >= 15 is 0 Å². The Hall–Kier alpha value is -3.58. The zero-order chi connectivity index (χ0) is 42.2. The van der Waals surface area contributed by atoms with E-state index in [9.17, 15) is 44.8 Å². The fourth-order valence-electron chi connectivity index (χ4n) is 6.05. The smallest absolute Gasteiger partial charge is 0.306 e. The quantitative estimate of drug-likeness (QED) is 0.147. The van der Waals surface area contributed by atoms with Crippen molar-refractivity contribution in [1.82, 2.24) is 10.6 Å². The molecule has 2 fully saturated rings. The summed E-state index contributed by atoms with van der Waals surface area (Å²) in [5.74, 6) is -1.87. The fraction of sp³-hybridized carbons (Fsp3) is 0.541. The Balaban J connectivity index is 0.000000332. The summed E-state index contributed by atoms with van der Waals surface area (Å²) in [6.45, 7) is 4.49. The lowest BCUT2D eigenvalue weighted by molar-refractivity contribution is -0.145. The summed E-state index contributed by atoms with van der Waals surface area (Å²) in [6, 6.07) is 6.49. The van der Waals surface area contributed by atoms with Crippen molar-refractivity contribution >= 4 is 71.7 Å². The van der Waals surface area contributed by atoms with Gasteiger partial charge in [-0.05, 0) is 137 Å². The standard InChI is InChI=1S/C19H25FN2O5S2.C10H19NO2.C8H6ClFO3S/c1-3-27-17(23)10-12-4-7-14(8-5-12)21-19(28)22-18(24)13-6-9-15(20)16(11-13)29(2,25)26;1-2-13-10(12)7-8-3-5-9(11)6-4-8;1-14(12,13)7-4-5(8(9)11)2-3-6(7)10/h6,9,11-12,14H,3-5,7-8,10H2,1-2H3,(H2,21,22,24,28);8-9H,2-7,11H2,1H3;2-4H,1H3. The largest absolute Gasteiger partial charge is 0.466 e. The highest BCUT2D eigenvalue weighted by atomic mass is 35.5. The van der Waals surface area contributed by atoms with E-state index in [4.69, 9.17) is 39.0 Å². The molecule has 0 aromatic heterocycles. The van der Waals surface area contributed by atoms with Gasteiger partial charge in [0.2, 0.25) is 0 Å². The van der Waals surface area contributed by atoms with Crippen LogP contribution in [0.3, 0.4) is 0 Å². The van der Waals surface area contributed by atoms with Crippen molar-refractivity contribution in [3.63, 3.8) is 0 Å². The van der Waals surface area contributed by atoms with E-state index in [1.807, 2.05) is 6.92 Å². The number of hydrogen-bond donors (Lipinski definition) is 3. The van der Waals surface area contributed by atoms with Crippen LogP contribution >= 0.6 is 23.8 Å². The van der Waals surface area contributed by atoms with Crippen LogP contribution < -0.4 is 16.4 Å². The third-order valence-corrected chi connectivity index (χ3v) is 11.6. The van der Waals surface area contributed by atoms with Crippen molar-refractivity contribution in [3.05, 3.63) is 59.2 Å². The number of amides is 1. The van der Waals surface area contributed by atoms with Crippen LogP contribution in [0.5, 0.6) is 0 Å². The van der Waals surface area contributed by atoms with E-state index in [-0.39, 0.29) is 40.1 Å². The third-order valence-electron chi connectivity index (χ3n) is 8.97. The van der Waals surface area contributed by atoms with E-state index in [1.165, 1.54) is 6.07 Å². The molecule has 0 saturated heterocycles. The van der Waals surface area contributed by atoms with Gasteiger partial charge in [0.05, 0.1) is 13.2 Å². The SMILES string of the molecule is CCOC(=O)CC1CCC(N)CC1.CCOC(=O)CC1CCC(NC(=S)NC(=O)c2ccc(F)c(S(C)(=O)=O)c2)CC1.CS(=O)(=O)c1cc(C(=O)Cl)ccc1F. The summed E-state index contributed by atoms with van der Waals surface area (Å²) < 4.78 is 81.8. The minimum atomic E-state index is -3.79. The van der Waals surface area contributed by atoms with Crippen LogP contribution in [-0.4, -0.2) is 82.8 Å². The van der Waals surface area contributed by atoms with Gasteiger partial charge in [-0.15, -0.1) is 0 Å². The van der Waals surface area contributed by atoms with E-state index < -0.39 is 52.2 Å². The average Bonchev–Trinajstić information content (AvgIpc) is 3.10. The van der Waals surface area contributed by atoms with Crippen LogP contribution in [0.4, 0.5) is 8.78 Å². The molecule has 2 aliphatic carbocycles. The zero-order valence-corrected chi connectivity index (χ0v) is 35.0. The Morgan fingerprint density at radius 2 is 1.16 bits per heavy atom. The molecular weight excluding hydrogens is 816 g/mol. The Labute approximate surface area is 337 Å². The molecule has 4 rings (SSSR count). The first-order chi connectivity index (χ1) is 26.1. The summed E-state index contributed by atoms with van der Waals surface area (Å²) in [4.78, 5) is 44.6. The van der Waals surface area contributed by atoms with Gasteiger partial charge in [0.15, 0.2) is 24.8 Å². The summed E-state index contributed by atoms with van der Waals surface area (Å²) in [7, 11) is -7.47. The highest BCUT2D eigenvalue weighted by Gasteiger charge is 2.25. The van der Waals surface area contributed by atoms with Gasteiger partial charge in [-0.25, -0.2) is 25.6 Å². The van der Waals surface area contributed by atoms with Gasteiger partial charge in [-0.2, -0.15) is 0 Å². The molecule has 0 radical (unpaired) electrons. The van der Waals surface area contributed by atoms with E-state index in [0.717, 1.165) is 94.2 Å². The molecular formula is C37H50ClF2N3O10S3. The molecule has 13 nitrogen and oxygen atoms in total. The van der Waals surface area contributed by atoms with Gasteiger partial charge in [-0.3, -0.25) is 24.5 Å². The number of thiocarbonyl (C=S) groups is 1. The molecule has 0 heterocycles. The number of hydrogen-bond acceptors (Lipinski definition) is 12. The number of carbonyl (C=O) groups is 4. The third kappa shape index (κ3) is 17.3. The van der Waals surface area contributed by atoms with Crippen LogP contribution in [0.1, 0.15) is 98.8 Å². The highest BCUT2D eigenvalue weighted by Crippen LogP contribution is 2.28. The minimum absolute atomic E-state index is 0.00544. The molecule has 0 atom stereocenters. The van der Waals surface area contributed by atoms with Gasteiger partial charge < -0.3 is 20.5 Å². The Bertz CT molecular complexity index is 1920. The molecule has 56 heavy (non-hydrogen) atoms. The van der Waals surface area contributed by atoms with Crippen LogP contribution in [0.2, 0.25) is 0 Å². The molecule has 2 saturated carbocycles. The van der Waals surface area contributed by atoms with Gasteiger partial charge in [-0.1, -0.05) is 0 Å². The first kappa shape index (κ1) is 48.6. The topological polar surface area (TPSA) is 205 Å². The lowest BCUT2D eigenvalue weighted by atomic mass is 9.84. The molecule has 0 unspecified atom stereocenters. The number of nitrogens with two attached hydrogens (primary N) is 1.